The number of nitrogens with zero attached hydrogens (tertiary/aromatic N) is 1. The number of esters is 1. The summed E-state index contributed by atoms with van der Waals surface area (Å²) in [5, 5.41) is 4.32. The molecule has 0 spiro atoms. The number of hydrogen-bond donors (Lipinski definition) is 0. The maximum atomic E-state index is 11.9. The fourth-order valence-corrected chi connectivity index (χ4v) is 3.60. The van der Waals surface area contributed by atoms with Crippen LogP contribution >= 0.6 is 11.3 Å². The Labute approximate surface area is 128 Å². The standard InChI is InChI=1S/C16H19NO3S/c1-2-19-16(18)13-5-8-20-15(13)10-17-7-3-4-14(17)12-6-9-21-11-12/h5-6,8-9,11,14H,2-4,7,10H2,1H3/t14-/m0/s1. The Morgan fingerprint density at radius 3 is 3.19 bits per heavy atom. The van der Waals surface area contributed by atoms with E-state index in [4.69, 9.17) is 9.15 Å². The Morgan fingerprint density at radius 2 is 2.43 bits per heavy atom. The monoisotopic (exact) mass is 305 g/mol. The van der Waals surface area contributed by atoms with E-state index in [1.165, 1.54) is 12.0 Å². The molecule has 0 amide bonds. The molecule has 0 saturated carbocycles. The van der Waals surface area contributed by atoms with Gasteiger partial charge in [0, 0.05) is 6.04 Å². The van der Waals surface area contributed by atoms with Gasteiger partial charge in [-0.15, -0.1) is 0 Å². The van der Waals surface area contributed by atoms with E-state index >= 15 is 0 Å². The second-order valence-corrected chi connectivity index (χ2v) is 5.94. The van der Waals surface area contributed by atoms with Gasteiger partial charge in [0.25, 0.3) is 0 Å². The minimum Gasteiger partial charge on any atom is -0.467 e. The first kappa shape index (κ1) is 14.4. The zero-order valence-electron chi connectivity index (χ0n) is 12.1. The third-order valence-electron chi connectivity index (χ3n) is 3.88. The number of carbonyl (C=O) groups is 1. The van der Waals surface area contributed by atoms with Crippen molar-refractivity contribution in [2.75, 3.05) is 13.2 Å². The molecule has 1 atom stereocenters. The third kappa shape index (κ3) is 3.04. The van der Waals surface area contributed by atoms with E-state index in [9.17, 15) is 4.79 Å². The number of carbonyl (C=O) groups excluding carboxylic acids is 1. The van der Waals surface area contributed by atoms with E-state index < -0.39 is 0 Å². The first-order chi connectivity index (χ1) is 10.3. The van der Waals surface area contributed by atoms with Crippen molar-refractivity contribution in [2.24, 2.45) is 0 Å². The number of ether oxygens (including phenoxy) is 1. The van der Waals surface area contributed by atoms with Gasteiger partial charge in [0.15, 0.2) is 0 Å². The predicted molar refractivity (Wildman–Crippen MR) is 81.4 cm³/mol. The van der Waals surface area contributed by atoms with Crippen LogP contribution < -0.4 is 0 Å². The van der Waals surface area contributed by atoms with Crippen LogP contribution in [0.2, 0.25) is 0 Å². The highest BCUT2D eigenvalue weighted by molar-refractivity contribution is 7.07. The zero-order chi connectivity index (χ0) is 14.7. The molecule has 1 fully saturated rings. The van der Waals surface area contributed by atoms with Crippen molar-refractivity contribution in [3.8, 4) is 0 Å². The highest BCUT2D eigenvalue weighted by atomic mass is 32.1. The maximum absolute atomic E-state index is 11.9. The van der Waals surface area contributed by atoms with Gasteiger partial charge in [0.05, 0.1) is 19.4 Å². The minimum atomic E-state index is -0.299. The fourth-order valence-electron chi connectivity index (χ4n) is 2.90. The number of hydrogen-bond acceptors (Lipinski definition) is 5. The average molecular weight is 305 g/mol. The van der Waals surface area contributed by atoms with Crippen LogP contribution in [0.15, 0.2) is 33.6 Å². The normalized spacial score (nSPS) is 19.0. The topological polar surface area (TPSA) is 42.7 Å². The van der Waals surface area contributed by atoms with Gasteiger partial charge in [0.2, 0.25) is 0 Å². The molecule has 0 bridgehead atoms. The fraction of sp³-hybridized carbons (Fsp3) is 0.438. The molecule has 0 unspecified atom stereocenters. The number of rotatable bonds is 5. The molecule has 4 nitrogen and oxygen atoms in total. The maximum Gasteiger partial charge on any atom is 0.341 e. The summed E-state index contributed by atoms with van der Waals surface area (Å²) in [6.07, 6.45) is 3.90. The van der Waals surface area contributed by atoms with Crippen molar-refractivity contribution in [3.05, 3.63) is 46.0 Å². The van der Waals surface area contributed by atoms with Crippen LogP contribution in [-0.2, 0) is 11.3 Å². The second kappa shape index (κ2) is 6.45. The lowest BCUT2D eigenvalue weighted by molar-refractivity contribution is 0.0521. The van der Waals surface area contributed by atoms with Crippen LogP contribution in [-0.4, -0.2) is 24.0 Å². The lowest BCUT2D eigenvalue weighted by atomic mass is 10.1. The molecule has 2 aromatic heterocycles. The number of likely N-dealkylation sites (tertiary alicyclic amines) is 1. The highest BCUT2D eigenvalue weighted by Gasteiger charge is 2.28. The molecule has 0 aromatic carbocycles. The van der Waals surface area contributed by atoms with Crippen LogP contribution in [0, 0.1) is 0 Å². The van der Waals surface area contributed by atoms with Gasteiger partial charge in [-0.2, -0.15) is 11.3 Å². The van der Waals surface area contributed by atoms with Crippen molar-refractivity contribution >= 4 is 17.3 Å². The Kier molecular flexibility index (Phi) is 4.41. The smallest absolute Gasteiger partial charge is 0.341 e. The van der Waals surface area contributed by atoms with E-state index in [0.717, 1.165) is 13.0 Å². The summed E-state index contributed by atoms with van der Waals surface area (Å²) in [6.45, 7) is 3.88. The summed E-state index contributed by atoms with van der Waals surface area (Å²) >= 11 is 1.73. The first-order valence-corrected chi connectivity index (χ1v) is 8.23. The van der Waals surface area contributed by atoms with Crippen molar-refractivity contribution in [3.63, 3.8) is 0 Å². The lowest BCUT2D eigenvalue weighted by Crippen LogP contribution is -2.23. The molecule has 0 radical (unpaired) electrons. The SMILES string of the molecule is CCOC(=O)c1ccoc1CN1CCC[C@H]1c1ccsc1. The van der Waals surface area contributed by atoms with Crippen LogP contribution in [0.1, 0.15) is 47.5 Å². The van der Waals surface area contributed by atoms with Crippen molar-refractivity contribution in [1.29, 1.82) is 0 Å². The summed E-state index contributed by atoms with van der Waals surface area (Å²) < 4.78 is 10.6. The highest BCUT2D eigenvalue weighted by Crippen LogP contribution is 2.34. The molecule has 1 saturated heterocycles. The summed E-state index contributed by atoms with van der Waals surface area (Å²) in [6, 6.07) is 4.31. The largest absolute Gasteiger partial charge is 0.467 e. The van der Waals surface area contributed by atoms with Crippen LogP contribution in [0.5, 0.6) is 0 Å². The molecule has 1 aliphatic rings. The first-order valence-electron chi connectivity index (χ1n) is 7.29. The Morgan fingerprint density at radius 1 is 1.52 bits per heavy atom. The van der Waals surface area contributed by atoms with Gasteiger partial charge in [-0.1, -0.05) is 0 Å². The van der Waals surface area contributed by atoms with Crippen LogP contribution in [0.3, 0.4) is 0 Å². The molecular weight excluding hydrogens is 286 g/mol. The molecule has 0 N–H and O–H groups in total. The van der Waals surface area contributed by atoms with Crippen LogP contribution in [0.25, 0.3) is 0 Å². The average Bonchev–Trinajstić information content (AvgIpc) is 3.20. The van der Waals surface area contributed by atoms with Gasteiger partial charge < -0.3 is 9.15 Å². The quantitative estimate of drug-likeness (QED) is 0.787. The molecule has 21 heavy (non-hydrogen) atoms. The van der Waals surface area contributed by atoms with Gasteiger partial charge in [-0.3, -0.25) is 4.90 Å². The predicted octanol–water partition coefficient (Wildman–Crippen LogP) is 3.85. The van der Waals surface area contributed by atoms with Gasteiger partial charge in [-0.25, -0.2) is 4.79 Å². The molecule has 112 valence electrons. The molecule has 3 heterocycles. The van der Waals surface area contributed by atoms with Crippen LogP contribution in [0.4, 0.5) is 0 Å². The van der Waals surface area contributed by atoms with Crippen molar-refractivity contribution < 1.29 is 13.9 Å². The van der Waals surface area contributed by atoms with E-state index in [1.807, 2.05) is 6.92 Å². The Balaban J connectivity index is 1.74. The minimum absolute atomic E-state index is 0.299. The molecule has 3 rings (SSSR count). The summed E-state index contributed by atoms with van der Waals surface area (Å²) in [5.74, 6) is 0.406. The second-order valence-electron chi connectivity index (χ2n) is 5.16. The number of furan rings is 1. The summed E-state index contributed by atoms with van der Waals surface area (Å²) in [7, 11) is 0. The van der Waals surface area contributed by atoms with Crippen molar-refractivity contribution in [1.82, 2.24) is 4.90 Å². The molecule has 5 heteroatoms. The van der Waals surface area contributed by atoms with E-state index in [-0.39, 0.29) is 5.97 Å². The third-order valence-corrected chi connectivity index (χ3v) is 4.58. The van der Waals surface area contributed by atoms with Gasteiger partial charge >= 0.3 is 5.97 Å². The van der Waals surface area contributed by atoms with E-state index in [2.05, 4.69) is 21.7 Å². The van der Waals surface area contributed by atoms with E-state index in [0.29, 0.717) is 30.5 Å². The van der Waals surface area contributed by atoms with E-state index in [1.54, 1.807) is 23.7 Å². The summed E-state index contributed by atoms with van der Waals surface area (Å²) in [5.41, 5.74) is 1.91. The Hall–Kier alpha value is -1.59. The molecule has 1 aliphatic heterocycles. The zero-order valence-corrected chi connectivity index (χ0v) is 12.9. The van der Waals surface area contributed by atoms with Gasteiger partial charge in [0.1, 0.15) is 11.3 Å². The Bertz CT molecular complexity index is 590. The molecule has 2 aromatic rings. The van der Waals surface area contributed by atoms with Gasteiger partial charge in [-0.05, 0) is 54.8 Å². The molecule has 0 aliphatic carbocycles. The molecular formula is C16H19NO3S. The van der Waals surface area contributed by atoms with Crippen molar-refractivity contribution in [2.45, 2.75) is 32.4 Å². The number of thiophene rings is 1. The summed E-state index contributed by atoms with van der Waals surface area (Å²) in [4.78, 5) is 14.3. The lowest BCUT2D eigenvalue weighted by Gasteiger charge is -2.23.